The van der Waals surface area contributed by atoms with Crippen molar-refractivity contribution in [3.05, 3.63) is 34.9 Å². The summed E-state index contributed by atoms with van der Waals surface area (Å²) in [6.45, 7) is 13.4. The highest BCUT2D eigenvalue weighted by Gasteiger charge is 2.17. The van der Waals surface area contributed by atoms with E-state index in [4.69, 9.17) is 4.74 Å². The predicted octanol–water partition coefficient (Wildman–Crippen LogP) is 4.48. The van der Waals surface area contributed by atoms with Gasteiger partial charge in [-0.15, -0.1) is 0 Å². The first-order valence-electron chi connectivity index (χ1n) is 8.97. The molecule has 0 radical (unpaired) electrons. The molecule has 1 atom stereocenters. The van der Waals surface area contributed by atoms with E-state index in [-0.39, 0.29) is 12.1 Å². The van der Waals surface area contributed by atoms with Gasteiger partial charge in [0, 0.05) is 19.1 Å². The monoisotopic (exact) mass is 334 g/mol. The van der Waals surface area contributed by atoms with Gasteiger partial charge in [0.25, 0.3) is 0 Å². The molecule has 1 unspecified atom stereocenters. The first kappa shape index (κ1) is 20.5. The molecule has 136 valence electrons. The van der Waals surface area contributed by atoms with E-state index in [1.807, 2.05) is 20.8 Å². The van der Waals surface area contributed by atoms with Crippen molar-refractivity contribution in [3.63, 3.8) is 0 Å². The molecule has 1 amide bonds. The third kappa shape index (κ3) is 8.92. The normalized spacial score (nSPS) is 12.8. The quantitative estimate of drug-likeness (QED) is 0.737. The Morgan fingerprint density at radius 2 is 1.79 bits per heavy atom. The van der Waals surface area contributed by atoms with Crippen molar-refractivity contribution in [2.45, 2.75) is 79.0 Å². The Bertz CT molecular complexity index is 501. The Labute approximate surface area is 147 Å². The standard InChI is InChI=1S/C20H34N2O2/c1-7-8-9-18(14-22-19(23)24-20(4,5)6)21-13-17-11-15(2)10-16(3)12-17/h10-12,18,21H,7-9,13-14H2,1-6H3,(H,22,23). The number of carbonyl (C=O) groups is 1. The molecule has 4 nitrogen and oxygen atoms in total. The maximum Gasteiger partial charge on any atom is 0.407 e. The van der Waals surface area contributed by atoms with Crippen LogP contribution in [0.5, 0.6) is 0 Å². The SMILES string of the molecule is CCCCC(CNC(=O)OC(C)(C)C)NCc1cc(C)cc(C)c1. The maximum absolute atomic E-state index is 11.8. The number of hydrogen-bond acceptors (Lipinski definition) is 3. The van der Waals surface area contributed by atoms with Gasteiger partial charge in [0.15, 0.2) is 0 Å². The fourth-order valence-electron chi connectivity index (χ4n) is 2.68. The number of unbranched alkanes of at least 4 members (excludes halogenated alkanes) is 1. The Balaban J connectivity index is 2.53. The van der Waals surface area contributed by atoms with Crippen molar-refractivity contribution in [1.82, 2.24) is 10.6 Å². The van der Waals surface area contributed by atoms with Crippen molar-refractivity contribution < 1.29 is 9.53 Å². The Hall–Kier alpha value is -1.55. The molecule has 1 aromatic rings. The molecular weight excluding hydrogens is 300 g/mol. The van der Waals surface area contributed by atoms with Crippen LogP contribution in [0.4, 0.5) is 4.79 Å². The molecule has 0 saturated carbocycles. The van der Waals surface area contributed by atoms with Crippen LogP contribution in [0.2, 0.25) is 0 Å². The van der Waals surface area contributed by atoms with Gasteiger partial charge < -0.3 is 15.4 Å². The van der Waals surface area contributed by atoms with E-state index in [0.29, 0.717) is 6.54 Å². The maximum atomic E-state index is 11.8. The molecule has 0 spiro atoms. The largest absolute Gasteiger partial charge is 0.444 e. The van der Waals surface area contributed by atoms with Gasteiger partial charge in [-0.3, -0.25) is 0 Å². The van der Waals surface area contributed by atoms with Crippen LogP contribution in [0.3, 0.4) is 0 Å². The zero-order chi connectivity index (χ0) is 18.2. The number of ether oxygens (including phenoxy) is 1. The second kappa shape index (κ2) is 9.67. The highest BCUT2D eigenvalue weighted by Crippen LogP contribution is 2.10. The summed E-state index contributed by atoms with van der Waals surface area (Å²) >= 11 is 0. The number of hydrogen-bond donors (Lipinski definition) is 2. The average molecular weight is 335 g/mol. The summed E-state index contributed by atoms with van der Waals surface area (Å²) in [7, 11) is 0. The minimum Gasteiger partial charge on any atom is -0.444 e. The molecule has 0 aliphatic heterocycles. The first-order chi connectivity index (χ1) is 11.2. The Morgan fingerprint density at radius 1 is 1.17 bits per heavy atom. The van der Waals surface area contributed by atoms with E-state index < -0.39 is 5.60 Å². The third-order valence-electron chi connectivity index (χ3n) is 3.67. The summed E-state index contributed by atoms with van der Waals surface area (Å²) in [4.78, 5) is 11.8. The van der Waals surface area contributed by atoms with Crippen LogP contribution >= 0.6 is 0 Å². The highest BCUT2D eigenvalue weighted by molar-refractivity contribution is 5.67. The van der Waals surface area contributed by atoms with E-state index in [0.717, 1.165) is 25.8 Å². The van der Waals surface area contributed by atoms with Gasteiger partial charge in [0.05, 0.1) is 0 Å². The number of benzene rings is 1. The lowest BCUT2D eigenvalue weighted by Gasteiger charge is -2.23. The van der Waals surface area contributed by atoms with Gasteiger partial charge in [-0.2, -0.15) is 0 Å². The molecule has 0 aromatic heterocycles. The van der Waals surface area contributed by atoms with Gasteiger partial charge in [-0.1, -0.05) is 49.1 Å². The second-order valence-electron chi connectivity index (χ2n) is 7.60. The number of aryl methyl sites for hydroxylation is 2. The van der Waals surface area contributed by atoms with Crippen LogP contribution in [0.1, 0.15) is 63.6 Å². The lowest BCUT2D eigenvalue weighted by Crippen LogP contribution is -2.42. The smallest absolute Gasteiger partial charge is 0.407 e. The summed E-state index contributed by atoms with van der Waals surface area (Å²) in [5.74, 6) is 0. The second-order valence-corrected chi connectivity index (χ2v) is 7.60. The third-order valence-corrected chi connectivity index (χ3v) is 3.67. The average Bonchev–Trinajstić information content (AvgIpc) is 2.43. The van der Waals surface area contributed by atoms with Gasteiger partial charge in [0.2, 0.25) is 0 Å². The first-order valence-corrected chi connectivity index (χ1v) is 8.97. The van der Waals surface area contributed by atoms with E-state index >= 15 is 0 Å². The van der Waals surface area contributed by atoms with Crippen molar-refractivity contribution in [3.8, 4) is 0 Å². The van der Waals surface area contributed by atoms with Crippen molar-refractivity contribution >= 4 is 6.09 Å². The molecule has 2 N–H and O–H groups in total. The number of amides is 1. The van der Waals surface area contributed by atoms with Gasteiger partial charge in [-0.05, 0) is 46.6 Å². The zero-order valence-corrected chi connectivity index (χ0v) is 16.2. The van der Waals surface area contributed by atoms with Crippen LogP contribution in [-0.2, 0) is 11.3 Å². The number of carbonyl (C=O) groups excluding carboxylic acids is 1. The molecule has 0 bridgehead atoms. The molecule has 0 saturated heterocycles. The van der Waals surface area contributed by atoms with Crippen molar-refractivity contribution in [2.24, 2.45) is 0 Å². The predicted molar refractivity (Wildman–Crippen MR) is 100 cm³/mol. The fourth-order valence-corrected chi connectivity index (χ4v) is 2.68. The van der Waals surface area contributed by atoms with Crippen LogP contribution in [0, 0.1) is 13.8 Å². The lowest BCUT2D eigenvalue weighted by molar-refractivity contribution is 0.0521. The zero-order valence-electron chi connectivity index (χ0n) is 16.2. The minimum absolute atomic E-state index is 0.248. The number of nitrogens with one attached hydrogen (secondary N) is 2. The lowest BCUT2D eigenvalue weighted by atomic mass is 10.1. The Kier molecular flexibility index (Phi) is 8.26. The van der Waals surface area contributed by atoms with Gasteiger partial charge in [0.1, 0.15) is 5.60 Å². The topological polar surface area (TPSA) is 50.4 Å². The van der Waals surface area contributed by atoms with Crippen LogP contribution in [0.25, 0.3) is 0 Å². The van der Waals surface area contributed by atoms with Gasteiger partial charge >= 0.3 is 6.09 Å². The molecule has 1 aromatic carbocycles. The summed E-state index contributed by atoms with van der Waals surface area (Å²) in [6, 6.07) is 6.84. The molecule has 0 aliphatic carbocycles. The minimum atomic E-state index is -0.463. The molecule has 1 rings (SSSR count). The van der Waals surface area contributed by atoms with Crippen LogP contribution < -0.4 is 10.6 Å². The van der Waals surface area contributed by atoms with Gasteiger partial charge in [-0.25, -0.2) is 4.79 Å². The van der Waals surface area contributed by atoms with E-state index in [1.54, 1.807) is 0 Å². The summed E-state index contributed by atoms with van der Waals surface area (Å²) in [5, 5.41) is 6.46. The summed E-state index contributed by atoms with van der Waals surface area (Å²) < 4.78 is 5.31. The van der Waals surface area contributed by atoms with Crippen molar-refractivity contribution in [2.75, 3.05) is 6.54 Å². The Morgan fingerprint density at radius 3 is 2.33 bits per heavy atom. The van der Waals surface area contributed by atoms with Crippen molar-refractivity contribution in [1.29, 1.82) is 0 Å². The van der Waals surface area contributed by atoms with E-state index in [1.165, 1.54) is 16.7 Å². The number of alkyl carbamates (subject to hydrolysis) is 1. The fraction of sp³-hybridized carbons (Fsp3) is 0.650. The summed E-state index contributed by atoms with van der Waals surface area (Å²) in [6.07, 6.45) is 2.98. The molecule has 0 aliphatic rings. The molecule has 4 heteroatoms. The highest BCUT2D eigenvalue weighted by atomic mass is 16.6. The van der Waals surface area contributed by atoms with E-state index in [9.17, 15) is 4.79 Å². The molecule has 0 heterocycles. The molecule has 24 heavy (non-hydrogen) atoms. The van der Waals surface area contributed by atoms with E-state index in [2.05, 4.69) is 49.6 Å². The number of rotatable bonds is 8. The van der Waals surface area contributed by atoms with Crippen LogP contribution in [-0.4, -0.2) is 24.3 Å². The molecule has 0 fully saturated rings. The van der Waals surface area contributed by atoms with Crippen LogP contribution in [0.15, 0.2) is 18.2 Å². The summed E-state index contributed by atoms with van der Waals surface area (Å²) in [5.41, 5.74) is 3.38. The molecular formula is C20H34N2O2.